The van der Waals surface area contributed by atoms with Gasteiger partial charge in [0.15, 0.2) is 0 Å². The second-order valence-corrected chi connectivity index (χ2v) is 7.82. The summed E-state index contributed by atoms with van der Waals surface area (Å²) < 4.78 is 0.948. The molecule has 2 aromatic carbocycles. The average molecular weight is 459 g/mol. The van der Waals surface area contributed by atoms with Gasteiger partial charge >= 0.3 is 5.69 Å². The monoisotopic (exact) mass is 458 g/mol. The van der Waals surface area contributed by atoms with Crippen LogP contribution in [0.3, 0.4) is 0 Å². The van der Waals surface area contributed by atoms with Gasteiger partial charge < -0.3 is 5.11 Å². The van der Waals surface area contributed by atoms with Crippen molar-refractivity contribution in [2.24, 2.45) is 5.10 Å². The molecule has 0 saturated heterocycles. The zero-order chi connectivity index (χ0) is 22.3. The topological polar surface area (TPSA) is 108 Å². The normalized spacial score (nSPS) is 15.8. The molecule has 3 aromatic rings. The van der Waals surface area contributed by atoms with E-state index in [-0.39, 0.29) is 23.6 Å². The molecule has 158 valence electrons. The summed E-state index contributed by atoms with van der Waals surface area (Å²) >= 11 is 11.9. The molecule has 1 amide bonds. The number of amides is 1. The molecule has 2 N–H and O–H groups in total. The van der Waals surface area contributed by atoms with E-state index in [2.05, 4.69) is 10.1 Å². The molecule has 1 aliphatic heterocycles. The van der Waals surface area contributed by atoms with Gasteiger partial charge in [-0.2, -0.15) is 5.10 Å². The van der Waals surface area contributed by atoms with E-state index in [1.807, 2.05) is 0 Å². The molecule has 0 bridgehead atoms. The molecular weight excluding hydrogens is 443 g/mol. The smallest absolute Gasteiger partial charge is 0.335 e. The second kappa shape index (κ2) is 8.05. The predicted octanol–water partition coefficient (Wildman–Crippen LogP) is 3.24. The Morgan fingerprint density at radius 1 is 1.06 bits per heavy atom. The summed E-state index contributed by atoms with van der Waals surface area (Å²) in [6.45, 7) is 1.36. The summed E-state index contributed by atoms with van der Waals surface area (Å²) in [6, 6.07) is 12.6. The van der Waals surface area contributed by atoms with Crippen LogP contribution in [0, 0.1) is 0 Å². The molecule has 10 heteroatoms. The van der Waals surface area contributed by atoms with E-state index in [0.29, 0.717) is 15.7 Å². The number of nitrogens with zero attached hydrogens (tertiary/aromatic N) is 3. The lowest BCUT2D eigenvalue weighted by Gasteiger charge is -2.20. The van der Waals surface area contributed by atoms with Gasteiger partial charge in [-0.3, -0.25) is 14.6 Å². The number of benzene rings is 2. The van der Waals surface area contributed by atoms with Gasteiger partial charge in [-0.1, -0.05) is 35.3 Å². The van der Waals surface area contributed by atoms with Crippen molar-refractivity contribution in [1.29, 1.82) is 0 Å². The minimum Gasteiger partial charge on any atom is -0.493 e. The predicted molar refractivity (Wildman–Crippen MR) is 117 cm³/mol. The Balaban J connectivity index is 1.83. The first-order chi connectivity index (χ1) is 14.8. The molecule has 31 heavy (non-hydrogen) atoms. The van der Waals surface area contributed by atoms with Gasteiger partial charge in [-0.25, -0.2) is 14.4 Å². The summed E-state index contributed by atoms with van der Waals surface area (Å²) in [7, 11) is 0. The first kappa shape index (κ1) is 20.9. The Hall–Kier alpha value is -3.36. The fourth-order valence-corrected chi connectivity index (χ4v) is 3.76. The lowest BCUT2D eigenvalue weighted by molar-refractivity contribution is -0.130. The molecule has 2 heterocycles. The summed E-state index contributed by atoms with van der Waals surface area (Å²) in [5.74, 6) is -0.910. The summed E-state index contributed by atoms with van der Waals surface area (Å²) in [4.78, 5) is 39.4. The van der Waals surface area contributed by atoms with Gasteiger partial charge in [0, 0.05) is 23.4 Å². The van der Waals surface area contributed by atoms with Crippen LogP contribution in [-0.4, -0.2) is 31.3 Å². The van der Waals surface area contributed by atoms with Crippen molar-refractivity contribution < 1.29 is 9.90 Å². The number of H-pyrrole nitrogens is 1. The third kappa shape index (κ3) is 3.87. The zero-order valence-corrected chi connectivity index (χ0v) is 17.7. The number of aromatic amines is 1. The highest BCUT2D eigenvalue weighted by molar-refractivity contribution is 6.30. The first-order valence-corrected chi connectivity index (χ1v) is 9.99. The standard InChI is InChI=1S/C21H16Cl2N4O4/c1-11(28)27-17(12-2-4-13(22)5-3-12)10-16(25-27)18-19(29)24-21(31)26(20(18)30)15-8-6-14(23)7-9-15/h2-9,17,30H,10H2,1H3,(H,24,29,31)/t17-/m1/s1. The molecule has 1 aliphatic rings. The molecule has 0 saturated carbocycles. The van der Waals surface area contributed by atoms with E-state index in [1.165, 1.54) is 24.1 Å². The Morgan fingerprint density at radius 2 is 1.65 bits per heavy atom. The third-order valence-electron chi connectivity index (χ3n) is 4.95. The number of halogens is 2. The van der Waals surface area contributed by atoms with Crippen LogP contribution >= 0.6 is 23.2 Å². The van der Waals surface area contributed by atoms with Crippen molar-refractivity contribution in [1.82, 2.24) is 14.6 Å². The Morgan fingerprint density at radius 3 is 2.23 bits per heavy atom. The number of hydrazone groups is 1. The van der Waals surface area contributed by atoms with Gasteiger partial charge in [0.2, 0.25) is 11.8 Å². The van der Waals surface area contributed by atoms with Crippen molar-refractivity contribution in [3.8, 4) is 11.6 Å². The number of carbonyl (C=O) groups is 1. The van der Waals surface area contributed by atoms with E-state index in [9.17, 15) is 19.5 Å². The second-order valence-electron chi connectivity index (χ2n) is 6.95. The number of aromatic hydroxyl groups is 1. The van der Waals surface area contributed by atoms with Crippen LogP contribution in [0.25, 0.3) is 5.69 Å². The van der Waals surface area contributed by atoms with Crippen LogP contribution in [0.2, 0.25) is 10.0 Å². The molecule has 0 fully saturated rings. The van der Waals surface area contributed by atoms with Crippen molar-refractivity contribution >= 4 is 34.8 Å². The number of hydrogen-bond acceptors (Lipinski definition) is 5. The van der Waals surface area contributed by atoms with E-state index in [1.54, 1.807) is 36.4 Å². The first-order valence-electron chi connectivity index (χ1n) is 9.23. The van der Waals surface area contributed by atoms with Crippen LogP contribution in [0.4, 0.5) is 0 Å². The van der Waals surface area contributed by atoms with Crippen molar-refractivity contribution in [3.63, 3.8) is 0 Å². The lowest BCUT2D eigenvalue weighted by Crippen LogP contribution is -2.33. The van der Waals surface area contributed by atoms with Gasteiger partial charge in [0.25, 0.3) is 5.56 Å². The van der Waals surface area contributed by atoms with Crippen LogP contribution in [-0.2, 0) is 4.79 Å². The van der Waals surface area contributed by atoms with Crippen molar-refractivity contribution in [3.05, 3.63) is 90.5 Å². The van der Waals surface area contributed by atoms with Gasteiger partial charge in [-0.05, 0) is 42.0 Å². The lowest BCUT2D eigenvalue weighted by atomic mass is 9.99. The molecule has 0 spiro atoms. The molecule has 0 unspecified atom stereocenters. The van der Waals surface area contributed by atoms with E-state index >= 15 is 0 Å². The van der Waals surface area contributed by atoms with Crippen molar-refractivity contribution in [2.75, 3.05) is 0 Å². The fraction of sp³-hybridized carbons (Fsp3) is 0.143. The van der Waals surface area contributed by atoms with Gasteiger partial charge in [-0.15, -0.1) is 0 Å². The highest BCUT2D eigenvalue weighted by atomic mass is 35.5. The Labute approximate surface area is 186 Å². The number of carbonyl (C=O) groups excluding carboxylic acids is 1. The SMILES string of the molecule is CC(=O)N1N=C(c2c(O)n(-c3ccc(Cl)cc3)c(=O)[nH]c2=O)C[C@@H]1c1ccc(Cl)cc1. The largest absolute Gasteiger partial charge is 0.493 e. The minimum atomic E-state index is -0.815. The molecule has 0 radical (unpaired) electrons. The molecule has 1 aromatic heterocycles. The molecule has 4 rings (SSSR count). The number of aromatic nitrogens is 2. The third-order valence-corrected chi connectivity index (χ3v) is 5.45. The van der Waals surface area contributed by atoms with Crippen LogP contribution in [0.5, 0.6) is 5.88 Å². The van der Waals surface area contributed by atoms with E-state index in [0.717, 1.165) is 10.1 Å². The quantitative estimate of drug-likeness (QED) is 0.627. The fourth-order valence-electron chi connectivity index (χ4n) is 3.51. The summed E-state index contributed by atoms with van der Waals surface area (Å²) in [5, 5.41) is 17.4. The summed E-state index contributed by atoms with van der Waals surface area (Å²) in [5.41, 5.74) is -0.550. The Bertz CT molecular complexity index is 1310. The summed E-state index contributed by atoms with van der Waals surface area (Å²) in [6.07, 6.45) is 0.163. The Kier molecular flexibility index (Phi) is 5.43. The van der Waals surface area contributed by atoms with Gasteiger partial charge in [0.05, 0.1) is 17.4 Å². The van der Waals surface area contributed by atoms with E-state index in [4.69, 9.17) is 23.2 Å². The van der Waals surface area contributed by atoms with Gasteiger partial charge in [0.1, 0.15) is 5.56 Å². The van der Waals surface area contributed by atoms with Crippen LogP contribution < -0.4 is 11.2 Å². The number of hydrogen-bond donors (Lipinski definition) is 2. The van der Waals surface area contributed by atoms with Crippen LogP contribution in [0.1, 0.15) is 30.5 Å². The minimum absolute atomic E-state index is 0.163. The maximum atomic E-state index is 12.6. The van der Waals surface area contributed by atoms with Crippen LogP contribution in [0.15, 0.2) is 63.2 Å². The maximum Gasteiger partial charge on any atom is 0.335 e. The average Bonchev–Trinajstić information content (AvgIpc) is 3.15. The van der Waals surface area contributed by atoms with Crippen molar-refractivity contribution in [2.45, 2.75) is 19.4 Å². The zero-order valence-electron chi connectivity index (χ0n) is 16.2. The molecule has 0 aliphatic carbocycles. The molecule has 1 atom stereocenters. The maximum absolute atomic E-state index is 12.6. The highest BCUT2D eigenvalue weighted by Crippen LogP contribution is 2.34. The number of rotatable bonds is 3. The highest BCUT2D eigenvalue weighted by Gasteiger charge is 2.34. The number of nitrogens with one attached hydrogen (secondary N) is 1. The van der Waals surface area contributed by atoms with E-state index < -0.39 is 23.2 Å². The molecular formula is C21H16Cl2N4O4. The molecule has 8 nitrogen and oxygen atoms in total.